The van der Waals surface area contributed by atoms with Crippen LogP contribution in [-0.2, 0) is 9.53 Å². The van der Waals surface area contributed by atoms with E-state index in [-0.39, 0.29) is 11.8 Å². The van der Waals surface area contributed by atoms with Crippen molar-refractivity contribution in [3.63, 3.8) is 0 Å². The Labute approximate surface area is 203 Å². The van der Waals surface area contributed by atoms with Gasteiger partial charge in [-0.3, -0.25) is 9.59 Å². The molecule has 0 spiro atoms. The van der Waals surface area contributed by atoms with Crippen LogP contribution in [0.1, 0.15) is 17.3 Å². The van der Waals surface area contributed by atoms with Gasteiger partial charge in [0.15, 0.2) is 0 Å². The number of hydrogen-bond acceptors (Lipinski definition) is 5. The summed E-state index contributed by atoms with van der Waals surface area (Å²) in [6, 6.07) is 21.0. The van der Waals surface area contributed by atoms with Crippen LogP contribution in [0.3, 0.4) is 0 Å². The average molecular weight is 470 g/mol. The Hall–Kier alpha value is -4.17. The number of carbonyl (C=O) groups is 2. The number of aromatic amines is 1. The number of nitrogens with one attached hydrogen (secondary N) is 2. The van der Waals surface area contributed by atoms with Gasteiger partial charge in [0.05, 0.1) is 24.2 Å². The van der Waals surface area contributed by atoms with Crippen LogP contribution < -0.4 is 15.1 Å². The summed E-state index contributed by atoms with van der Waals surface area (Å²) < 4.78 is 5.42. The first kappa shape index (κ1) is 22.6. The van der Waals surface area contributed by atoms with Crippen LogP contribution in [0.2, 0.25) is 0 Å². The smallest absolute Gasteiger partial charge is 0.258 e. The van der Waals surface area contributed by atoms with Crippen molar-refractivity contribution in [1.82, 2.24) is 9.97 Å². The lowest BCUT2D eigenvalue weighted by Crippen LogP contribution is -2.36. The Morgan fingerprint density at radius 2 is 1.71 bits per heavy atom. The maximum Gasteiger partial charge on any atom is 0.258 e. The molecule has 0 aliphatic carbocycles. The summed E-state index contributed by atoms with van der Waals surface area (Å²) in [5.74, 6) is 0.494. The molecule has 0 saturated carbocycles. The maximum atomic E-state index is 13.1. The van der Waals surface area contributed by atoms with E-state index in [1.807, 2.05) is 66.7 Å². The lowest BCUT2D eigenvalue weighted by molar-refractivity contribution is -0.114. The first-order valence-electron chi connectivity index (χ1n) is 11.6. The summed E-state index contributed by atoms with van der Waals surface area (Å²) in [5.41, 5.74) is 5.78. The summed E-state index contributed by atoms with van der Waals surface area (Å²) in [7, 11) is 1.78. The number of carbonyl (C=O) groups excluding carboxylic acids is 2. The zero-order chi connectivity index (χ0) is 24.4. The zero-order valence-corrected chi connectivity index (χ0v) is 19.7. The number of fused-ring (bicyclic) bond motifs is 1. The highest BCUT2D eigenvalue weighted by atomic mass is 16.5. The Morgan fingerprint density at radius 3 is 2.40 bits per heavy atom. The number of morpholine rings is 1. The van der Waals surface area contributed by atoms with Crippen LogP contribution in [0.4, 0.5) is 17.1 Å². The van der Waals surface area contributed by atoms with E-state index in [2.05, 4.69) is 20.2 Å². The van der Waals surface area contributed by atoms with Gasteiger partial charge in [0, 0.05) is 55.2 Å². The van der Waals surface area contributed by atoms with Gasteiger partial charge in [-0.25, -0.2) is 4.98 Å². The quantitative estimate of drug-likeness (QED) is 0.455. The predicted octanol–water partition coefficient (Wildman–Crippen LogP) is 4.30. The molecule has 1 fully saturated rings. The van der Waals surface area contributed by atoms with E-state index < -0.39 is 0 Å². The Bertz CT molecular complexity index is 1360. The Balaban J connectivity index is 1.30. The molecule has 1 aliphatic rings. The third-order valence-corrected chi connectivity index (χ3v) is 6.13. The minimum atomic E-state index is -0.123. The van der Waals surface area contributed by atoms with Crippen molar-refractivity contribution in [3.8, 4) is 11.4 Å². The monoisotopic (exact) mass is 469 g/mol. The van der Waals surface area contributed by atoms with Crippen molar-refractivity contribution < 1.29 is 14.3 Å². The fourth-order valence-corrected chi connectivity index (χ4v) is 4.22. The molecule has 1 aliphatic heterocycles. The third-order valence-electron chi connectivity index (χ3n) is 6.13. The highest BCUT2D eigenvalue weighted by molar-refractivity contribution is 6.06. The van der Waals surface area contributed by atoms with E-state index in [0.717, 1.165) is 54.3 Å². The second-order valence-corrected chi connectivity index (χ2v) is 8.56. The second kappa shape index (κ2) is 9.60. The molecule has 1 saturated heterocycles. The zero-order valence-electron chi connectivity index (χ0n) is 19.7. The lowest BCUT2D eigenvalue weighted by Gasteiger charge is -2.29. The molecular weight excluding hydrogens is 442 g/mol. The Kier molecular flexibility index (Phi) is 6.20. The largest absolute Gasteiger partial charge is 0.378 e. The molecule has 4 aromatic rings. The normalized spacial score (nSPS) is 13.6. The number of ether oxygens (including phenoxy) is 1. The molecule has 3 aromatic carbocycles. The lowest BCUT2D eigenvalue weighted by atomic mass is 10.1. The molecule has 0 bridgehead atoms. The van der Waals surface area contributed by atoms with Gasteiger partial charge >= 0.3 is 0 Å². The van der Waals surface area contributed by atoms with Gasteiger partial charge in [-0.15, -0.1) is 0 Å². The van der Waals surface area contributed by atoms with Crippen molar-refractivity contribution in [2.45, 2.75) is 6.92 Å². The van der Waals surface area contributed by atoms with E-state index in [9.17, 15) is 9.59 Å². The number of amides is 2. The number of anilines is 3. The Morgan fingerprint density at radius 1 is 1.00 bits per heavy atom. The summed E-state index contributed by atoms with van der Waals surface area (Å²) in [4.78, 5) is 36.3. The number of benzene rings is 3. The van der Waals surface area contributed by atoms with Crippen molar-refractivity contribution in [1.29, 1.82) is 0 Å². The molecule has 0 atom stereocenters. The highest BCUT2D eigenvalue weighted by Gasteiger charge is 2.16. The minimum absolute atomic E-state index is 0.0831. The van der Waals surface area contributed by atoms with Crippen LogP contribution >= 0.6 is 0 Å². The maximum absolute atomic E-state index is 13.1. The number of imidazole rings is 1. The van der Waals surface area contributed by atoms with Crippen LogP contribution in [-0.4, -0.2) is 55.1 Å². The molecule has 1 aromatic heterocycles. The van der Waals surface area contributed by atoms with E-state index in [4.69, 9.17) is 4.74 Å². The molecule has 5 rings (SSSR count). The summed E-state index contributed by atoms with van der Waals surface area (Å²) in [5, 5.41) is 2.77. The first-order valence-corrected chi connectivity index (χ1v) is 11.6. The van der Waals surface area contributed by atoms with E-state index in [1.165, 1.54) is 6.92 Å². The molecule has 2 heterocycles. The average Bonchev–Trinajstić information content (AvgIpc) is 3.32. The molecule has 35 heavy (non-hydrogen) atoms. The summed E-state index contributed by atoms with van der Waals surface area (Å²) >= 11 is 0. The molecule has 8 nitrogen and oxygen atoms in total. The minimum Gasteiger partial charge on any atom is -0.378 e. The van der Waals surface area contributed by atoms with Crippen LogP contribution in [0.5, 0.6) is 0 Å². The van der Waals surface area contributed by atoms with Crippen LogP contribution in [0.25, 0.3) is 22.4 Å². The van der Waals surface area contributed by atoms with Crippen molar-refractivity contribution in [2.75, 3.05) is 48.5 Å². The number of H-pyrrole nitrogens is 1. The van der Waals surface area contributed by atoms with Gasteiger partial charge in [-0.1, -0.05) is 12.1 Å². The molecular formula is C27H27N5O3. The third kappa shape index (κ3) is 4.88. The fourth-order valence-electron chi connectivity index (χ4n) is 4.22. The van der Waals surface area contributed by atoms with Gasteiger partial charge in [0.25, 0.3) is 5.91 Å². The van der Waals surface area contributed by atoms with Crippen molar-refractivity contribution in [3.05, 3.63) is 72.3 Å². The number of rotatable bonds is 5. The first-order chi connectivity index (χ1) is 17.0. The van der Waals surface area contributed by atoms with Crippen LogP contribution in [0.15, 0.2) is 66.7 Å². The number of nitrogens with zero attached hydrogens (tertiary/aromatic N) is 3. The SMILES string of the molecule is CC(=O)Nc1ccc2nc(-c3ccc(C(=O)N(C)c4ccc(N5CCOCC5)cc4)cc3)[nH]c2c1. The van der Waals surface area contributed by atoms with E-state index in [1.54, 1.807) is 11.9 Å². The standard InChI is InChI=1S/C27H27N5O3/c1-18(33)28-21-7-12-24-25(17-21)30-26(29-24)19-3-5-20(6-4-19)27(34)31(2)22-8-10-23(11-9-22)32-13-15-35-16-14-32/h3-12,17H,13-16H2,1-2H3,(H,28,33)(H,29,30). The van der Waals surface area contributed by atoms with Gasteiger partial charge in [-0.05, 0) is 54.6 Å². The molecule has 0 unspecified atom stereocenters. The van der Waals surface area contributed by atoms with E-state index in [0.29, 0.717) is 17.1 Å². The molecule has 8 heteroatoms. The fraction of sp³-hybridized carbons (Fsp3) is 0.222. The van der Waals surface area contributed by atoms with Crippen LogP contribution in [0, 0.1) is 0 Å². The summed E-state index contributed by atoms with van der Waals surface area (Å²) in [6.45, 7) is 4.71. The van der Waals surface area contributed by atoms with E-state index >= 15 is 0 Å². The van der Waals surface area contributed by atoms with Crippen molar-refractivity contribution in [2.24, 2.45) is 0 Å². The summed E-state index contributed by atoms with van der Waals surface area (Å²) in [6.07, 6.45) is 0. The van der Waals surface area contributed by atoms with Gasteiger partial charge in [0.2, 0.25) is 5.91 Å². The highest BCUT2D eigenvalue weighted by Crippen LogP contribution is 2.25. The molecule has 2 N–H and O–H groups in total. The number of aromatic nitrogens is 2. The predicted molar refractivity (Wildman–Crippen MR) is 138 cm³/mol. The van der Waals surface area contributed by atoms with Gasteiger partial charge < -0.3 is 24.8 Å². The second-order valence-electron chi connectivity index (χ2n) is 8.56. The van der Waals surface area contributed by atoms with Gasteiger partial charge in [0.1, 0.15) is 5.82 Å². The number of hydrogen-bond donors (Lipinski definition) is 2. The van der Waals surface area contributed by atoms with Gasteiger partial charge in [-0.2, -0.15) is 0 Å². The van der Waals surface area contributed by atoms with Crippen molar-refractivity contribution >= 4 is 39.9 Å². The molecule has 178 valence electrons. The molecule has 0 radical (unpaired) electrons. The topological polar surface area (TPSA) is 90.6 Å². The molecule has 2 amide bonds.